The third-order valence-electron chi connectivity index (χ3n) is 3.89. The molecule has 5 nitrogen and oxygen atoms in total. The van der Waals surface area contributed by atoms with E-state index >= 15 is 0 Å². The molecular formula is C16H17ClN2O3S2. The van der Waals surface area contributed by atoms with E-state index in [0.29, 0.717) is 11.6 Å². The number of amides is 1. The van der Waals surface area contributed by atoms with Crippen LogP contribution in [0.25, 0.3) is 0 Å². The first-order valence-electron chi connectivity index (χ1n) is 7.49. The van der Waals surface area contributed by atoms with Crippen molar-refractivity contribution in [2.45, 2.75) is 36.6 Å². The Bertz CT molecular complexity index is 877. The molecule has 24 heavy (non-hydrogen) atoms. The highest BCUT2D eigenvalue weighted by Crippen LogP contribution is 2.34. The number of carbonyl (C=O) groups is 1. The van der Waals surface area contributed by atoms with E-state index in [-0.39, 0.29) is 16.2 Å². The Morgan fingerprint density at radius 2 is 2.12 bits per heavy atom. The lowest BCUT2D eigenvalue weighted by Crippen LogP contribution is -2.26. The summed E-state index contributed by atoms with van der Waals surface area (Å²) >= 11 is 7.15. The smallest absolute Gasteiger partial charge is 0.250 e. The standard InChI is InChI=1S/C16H17ClN2O3S2/c1-10(20)18-9-13-4-7-16(23-13)24(21,22)19-15-6-2-11-8-12(17)3-5-14(11)15/h3-5,7-8,15,19H,2,6,9H2,1H3,(H,18,20). The van der Waals surface area contributed by atoms with Gasteiger partial charge in [0.05, 0.1) is 6.54 Å². The van der Waals surface area contributed by atoms with Crippen molar-refractivity contribution >= 4 is 38.9 Å². The molecule has 128 valence electrons. The molecule has 0 fully saturated rings. The molecule has 0 saturated heterocycles. The number of nitrogens with one attached hydrogen (secondary N) is 2. The lowest BCUT2D eigenvalue weighted by atomic mass is 10.1. The zero-order valence-corrected chi connectivity index (χ0v) is 15.4. The van der Waals surface area contributed by atoms with E-state index in [1.165, 1.54) is 6.92 Å². The minimum atomic E-state index is -3.59. The van der Waals surface area contributed by atoms with Gasteiger partial charge in [0.15, 0.2) is 0 Å². The molecule has 1 aromatic carbocycles. The van der Waals surface area contributed by atoms with Crippen molar-refractivity contribution in [3.8, 4) is 0 Å². The van der Waals surface area contributed by atoms with Crippen LogP contribution in [-0.2, 0) is 27.8 Å². The van der Waals surface area contributed by atoms with Crippen LogP contribution in [0.3, 0.4) is 0 Å². The van der Waals surface area contributed by atoms with Gasteiger partial charge in [0, 0.05) is 22.9 Å². The van der Waals surface area contributed by atoms with E-state index in [9.17, 15) is 13.2 Å². The fourth-order valence-corrected chi connectivity index (χ4v) is 5.52. The Morgan fingerprint density at radius 3 is 2.88 bits per heavy atom. The van der Waals surface area contributed by atoms with Gasteiger partial charge in [0.25, 0.3) is 10.0 Å². The molecule has 0 saturated carbocycles. The number of halogens is 1. The van der Waals surface area contributed by atoms with E-state index in [2.05, 4.69) is 10.0 Å². The number of fused-ring (bicyclic) bond motifs is 1. The Labute approximate surface area is 150 Å². The first-order chi connectivity index (χ1) is 11.3. The van der Waals surface area contributed by atoms with Crippen molar-refractivity contribution in [1.82, 2.24) is 10.0 Å². The van der Waals surface area contributed by atoms with Crippen LogP contribution in [0.2, 0.25) is 5.02 Å². The molecule has 2 N–H and O–H groups in total. The third-order valence-corrected chi connectivity index (χ3v) is 7.18. The molecule has 1 heterocycles. The molecule has 1 amide bonds. The van der Waals surface area contributed by atoms with Crippen molar-refractivity contribution in [2.75, 3.05) is 0 Å². The quantitative estimate of drug-likeness (QED) is 0.832. The topological polar surface area (TPSA) is 75.3 Å². The molecule has 0 bridgehead atoms. The van der Waals surface area contributed by atoms with Gasteiger partial charge in [-0.05, 0) is 48.2 Å². The minimum Gasteiger partial charge on any atom is -0.351 e. The predicted octanol–water partition coefficient (Wildman–Crippen LogP) is 3.00. The predicted molar refractivity (Wildman–Crippen MR) is 94.7 cm³/mol. The van der Waals surface area contributed by atoms with E-state index in [1.807, 2.05) is 12.1 Å². The molecule has 0 radical (unpaired) electrons. The Kier molecular flexibility index (Phi) is 4.96. The average Bonchev–Trinajstić information content (AvgIpc) is 3.12. The largest absolute Gasteiger partial charge is 0.351 e. The normalized spacial score (nSPS) is 16.8. The van der Waals surface area contributed by atoms with Gasteiger partial charge in [-0.15, -0.1) is 11.3 Å². The van der Waals surface area contributed by atoms with E-state index in [4.69, 9.17) is 11.6 Å². The Hall–Kier alpha value is -1.41. The van der Waals surface area contributed by atoms with Gasteiger partial charge < -0.3 is 5.32 Å². The summed E-state index contributed by atoms with van der Waals surface area (Å²) in [4.78, 5) is 11.7. The van der Waals surface area contributed by atoms with Crippen LogP contribution in [0.1, 0.15) is 35.4 Å². The summed E-state index contributed by atoms with van der Waals surface area (Å²) in [5, 5.41) is 3.33. The Morgan fingerprint density at radius 1 is 1.33 bits per heavy atom. The highest BCUT2D eigenvalue weighted by Gasteiger charge is 2.28. The van der Waals surface area contributed by atoms with Crippen LogP contribution in [0, 0.1) is 0 Å². The fourth-order valence-electron chi connectivity index (χ4n) is 2.76. The fraction of sp³-hybridized carbons (Fsp3) is 0.312. The number of aryl methyl sites for hydroxylation is 1. The molecule has 1 aliphatic carbocycles. The summed E-state index contributed by atoms with van der Waals surface area (Å²) in [5.41, 5.74) is 2.07. The summed E-state index contributed by atoms with van der Waals surface area (Å²) in [7, 11) is -3.59. The summed E-state index contributed by atoms with van der Waals surface area (Å²) in [6.07, 6.45) is 1.53. The number of rotatable bonds is 5. The summed E-state index contributed by atoms with van der Waals surface area (Å²) in [5.74, 6) is -0.146. The number of benzene rings is 1. The zero-order chi connectivity index (χ0) is 17.3. The molecular weight excluding hydrogens is 368 g/mol. The number of sulfonamides is 1. The second kappa shape index (κ2) is 6.84. The van der Waals surface area contributed by atoms with Crippen molar-refractivity contribution in [1.29, 1.82) is 0 Å². The maximum Gasteiger partial charge on any atom is 0.250 e. The molecule has 1 aliphatic rings. The van der Waals surface area contributed by atoms with Gasteiger partial charge in [-0.2, -0.15) is 0 Å². The van der Waals surface area contributed by atoms with E-state index in [0.717, 1.165) is 40.2 Å². The van der Waals surface area contributed by atoms with Crippen LogP contribution in [-0.4, -0.2) is 14.3 Å². The summed E-state index contributed by atoms with van der Waals surface area (Å²) in [6.45, 7) is 1.76. The number of hydrogen-bond acceptors (Lipinski definition) is 4. The second-order valence-corrected chi connectivity index (χ2v) is 9.23. The second-order valence-electron chi connectivity index (χ2n) is 5.69. The molecule has 0 spiro atoms. The summed E-state index contributed by atoms with van der Waals surface area (Å²) < 4.78 is 28.2. The van der Waals surface area contributed by atoms with Gasteiger partial charge in [-0.1, -0.05) is 17.7 Å². The maximum absolute atomic E-state index is 12.6. The number of hydrogen-bond donors (Lipinski definition) is 2. The number of carbonyl (C=O) groups excluding carboxylic acids is 1. The van der Waals surface area contributed by atoms with E-state index in [1.54, 1.807) is 18.2 Å². The molecule has 1 atom stereocenters. The first kappa shape index (κ1) is 17.4. The van der Waals surface area contributed by atoms with Gasteiger partial charge in [-0.25, -0.2) is 13.1 Å². The molecule has 1 aromatic heterocycles. The minimum absolute atomic E-state index is 0.146. The van der Waals surface area contributed by atoms with Crippen molar-refractivity contribution in [2.24, 2.45) is 0 Å². The Balaban J connectivity index is 1.75. The van der Waals surface area contributed by atoms with Gasteiger partial charge >= 0.3 is 0 Å². The average molecular weight is 385 g/mol. The monoisotopic (exact) mass is 384 g/mol. The van der Waals surface area contributed by atoms with Crippen LogP contribution in [0.5, 0.6) is 0 Å². The maximum atomic E-state index is 12.6. The lowest BCUT2D eigenvalue weighted by Gasteiger charge is -2.13. The van der Waals surface area contributed by atoms with Gasteiger partial charge in [0.1, 0.15) is 4.21 Å². The van der Waals surface area contributed by atoms with Crippen LogP contribution in [0.4, 0.5) is 0 Å². The molecule has 2 aromatic rings. The van der Waals surface area contributed by atoms with Gasteiger partial charge in [0.2, 0.25) is 5.91 Å². The zero-order valence-electron chi connectivity index (χ0n) is 13.0. The van der Waals surface area contributed by atoms with Crippen molar-refractivity contribution < 1.29 is 13.2 Å². The van der Waals surface area contributed by atoms with Gasteiger partial charge in [-0.3, -0.25) is 4.79 Å². The number of thiophene rings is 1. The highest BCUT2D eigenvalue weighted by molar-refractivity contribution is 7.91. The molecule has 1 unspecified atom stereocenters. The van der Waals surface area contributed by atoms with Crippen LogP contribution < -0.4 is 10.0 Å². The third kappa shape index (κ3) is 3.80. The first-order valence-corrected chi connectivity index (χ1v) is 10.2. The van der Waals surface area contributed by atoms with Crippen LogP contribution in [0.15, 0.2) is 34.5 Å². The molecule has 8 heteroatoms. The lowest BCUT2D eigenvalue weighted by molar-refractivity contribution is -0.119. The van der Waals surface area contributed by atoms with Crippen LogP contribution >= 0.6 is 22.9 Å². The highest BCUT2D eigenvalue weighted by atomic mass is 35.5. The molecule has 3 rings (SSSR count). The van der Waals surface area contributed by atoms with Crippen molar-refractivity contribution in [3.05, 3.63) is 51.4 Å². The summed E-state index contributed by atoms with van der Waals surface area (Å²) in [6, 6.07) is 8.61. The van der Waals surface area contributed by atoms with Crippen molar-refractivity contribution in [3.63, 3.8) is 0 Å². The SMILES string of the molecule is CC(=O)NCc1ccc(S(=O)(=O)NC2CCc3cc(Cl)ccc32)s1. The van der Waals surface area contributed by atoms with E-state index < -0.39 is 10.0 Å². The molecule has 0 aliphatic heterocycles.